The van der Waals surface area contributed by atoms with Crippen molar-refractivity contribution in [2.24, 2.45) is 17.8 Å². The molecule has 9 rings (SSSR count). The summed E-state index contributed by atoms with van der Waals surface area (Å²) in [6.45, 7) is 8.30. The first-order valence-corrected chi connectivity index (χ1v) is 16.7. The summed E-state index contributed by atoms with van der Waals surface area (Å²) in [5.41, 5.74) is 12.0. The molecule has 6 atom stereocenters. The number of benzene rings is 2. The number of hydrogen-bond acceptors (Lipinski definition) is 4. The number of likely N-dealkylation sites (N-methyl/N-ethyl adjacent to an activating group) is 1. The van der Waals surface area contributed by atoms with E-state index in [1.54, 1.807) is 7.11 Å². The summed E-state index contributed by atoms with van der Waals surface area (Å²) in [5.74, 6) is 0.299. The van der Waals surface area contributed by atoms with Crippen molar-refractivity contribution in [1.29, 1.82) is 0 Å². The average molecular weight is 601 g/mol. The third kappa shape index (κ3) is 4.56. The standard InChI is InChI=1S/C39H44N4O2/c1-5-23-20-42(3)35-19-31-27-11-7-9-13-33(27)40-37(31)25(17-29(23)36(35)39(44)45-4)18-30-26-15-16-43(21-24(26)6-2)22-32-28-12-8-10-14-34(28)41-38(30)32/h5-14,18,25-26,29,35-36,40-41H,15-17,19-22H2,1-4H3/b23-5-,24-6-,30-18+/t25-,26-,29+,35+,36+/m0/s1. The van der Waals surface area contributed by atoms with Crippen molar-refractivity contribution in [3.63, 3.8) is 0 Å². The van der Waals surface area contributed by atoms with Crippen LogP contribution in [0.1, 0.15) is 55.1 Å². The Kier molecular flexibility index (Phi) is 7.10. The highest BCUT2D eigenvalue weighted by Gasteiger charge is 2.47. The fraction of sp³-hybridized carbons (Fsp3) is 0.410. The van der Waals surface area contributed by atoms with Crippen molar-refractivity contribution in [3.05, 3.63) is 100 Å². The summed E-state index contributed by atoms with van der Waals surface area (Å²) in [4.78, 5) is 26.5. The second kappa shape index (κ2) is 11.2. The first-order chi connectivity index (χ1) is 22.0. The van der Waals surface area contributed by atoms with E-state index in [1.807, 2.05) is 0 Å². The fourth-order valence-electron chi connectivity index (χ4n) is 9.30. The largest absolute Gasteiger partial charge is 0.469 e. The maximum absolute atomic E-state index is 13.7. The van der Waals surface area contributed by atoms with E-state index in [-0.39, 0.29) is 29.8 Å². The minimum Gasteiger partial charge on any atom is -0.469 e. The van der Waals surface area contributed by atoms with Crippen LogP contribution < -0.4 is 0 Å². The summed E-state index contributed by atoms with van der Waals surface area (Å²) < 4.78 is 5.55. The molecule has 6 nitrogen and oxygen atoms in total. The van der Waals surface area contributed by atoms with Gasteiger partial charge in [-0.15, -0.1) is 0 Å². The van der Waals surface area contributed by atoms with Gasteiger partial charge >= 0.3 is 5.97 Å². The lowest BCUT2D eigenvalue weighted by Gasteiger charge is -2.46. The molecule has 2 saturated heterocycles. The minimum absolute atomic E-state index is 0.0818. The second-order valence-electron chi connectivity index (χ2n) is 13.7. The highest BCUT2D eigenvalue weighted by atomic mass is 16.5. The molecule has 2 fully saturated rings. The van der Waals surface area contributed by atoms with E-state index in [0.29, 0.717) is 5.92 Å². The maximum atomic E-state index is 13.7. The Hall–Kier alpha value is -3.87. The number of aromatic nitrogens is 2. The number of likely N-dealkylation sites (tertiary alicyclic amines) is 1. The quantitative estimate of drug-likeness (QED) is 0.189. The van der Waals surface area contributed by atoms with Crippen molar-refractivity contribution in [1.82, 2.24) is 19.8 Å². The minimum atomic E-state index is -0.210. The zero-order valence-electron chi connectivity index (χ0n) is 26.9. The Balaban J connectivity index is 1.38. The fourth-order valence-corrected chi connectivity index (χ4v) is 9.30. The lowest BCUT2D eigenvalue weighted by atomic mass is 9.67. The Bertz CT molecular complexity index is 1890. The smallest absolute Gasteiger partial charge is 0.310 e. The third-order valence-corrected chi connectivity index (χ3v) is 11.5. The molecule has 4 aromatic rings. The summed E-state index contributed by atoms with van der Waals surface area (Å²) in [6.07, 6.45) is 10.0. The number of H-pyrrole nitrogens is 2. The number of piperidine rings is 2. The van der Waals surface area contributed by atoms with Gasteiger partial charge in [0.05, 0.1) is 13.0 Å². The zero-order chi connectivity index (χ0) is 30.8. The number of nitrogens with zero attached hydrogens (tertiary/aromatic N) is 2. The van der Waals surface area contributed by atoms with Gasteiger partial charge in [-0.1, -0.05) is 65.8 Å². The lowest BCUT2D eigenvalue weighted by molar-refractivity contribution is -0.151. The number of rotatable bonds is 2. The Morgan fingerprint density at radius 1 is 0.911 bits per heavy atom. The zero-order valence-corrected chi connectivity index (χ0v) is 26.9. The number of para-hydroxylation sites is 2. The number of carbonyl (C=O) groups excluding carboxylic acids is 1. The van der Waals surface area contributed by atoms with E-state index >= 15 is 0 Å². The number of carbonyl (C=O) groups is 1. The molecule has 0 spiro atoms. The molecule has 4 bridgehead atoms. The molecule has 4 aliphatic heterocycles. The maximum Gasteiger partial charge on any atom is 0.310 e. The van der Waals surface area contributed by atoms with Gasteiger partial charge in [-0.05, 0) is 81.5 Å². The number of hydrogen-bond donors (Lipinski definition) is 2. The van der Waals surface area contributed by atoms with Crippen molar-refractivity contribution in [3.8, 4) is 0 Å². The lowest BCUT2D eigenvalue weighted by Crippen LogP contribution is -2.53. The number of nitrogens with one attached hydrogen (secondary N) is 2. The molecule has 2 N–H and O–H groups in total. The third-order valence-electron chi connectivity index (χ3n) is 11.5. The summed E-state index contributed by atoms with van der Waals surface area (Å²) in [5, 5.41) is 2.60. The van der Waals surface area contributed by atoms with Crippen LogP contribution in [0.3, 0.4) is 0 Å². The second-order valence-corrected chi connectivity index (χ2v) is 13.7. The van der Waals surface area contributed by atoms with E-state index in [4.69, 9.17) is 4.74 Å². The molecular formula is C39H44N4O2. The van der Waals surface area contributed by atoms with Gasteiger partial charge in [-0.3, -0.25) is 14.6 Å². The van der Waals surface area contributed by atoms with Crippen LogP contribution in [0.4, 0.5) is 0 Å². The summed E-state index contributed by atoms with van der Waals surface area (Å²) in [6, 6.07) is 17.6. The van der Waals surface area contributed by atoms with Gasteiger partial charge in [0.15, 0.2) is 0 Å². The van der Waals surface area contributed by atoms with Gasteiger partial charge in [0.1, 0.15) is 0 Å². The van der Waals surface area contributed by atoms with Crippen LogP contribution in [0.2, 0.25) is 0 Å². The molecule has 0 amide bonds. The number of allylic oxidation sites excluding steroid dienone is 4. The van der Waals surface area contributed by atoms with Crippen LogP contribution in [0, 0.1) is 17.8 Å². The highest BCUT2D eigenvalue weighted by Crippen LogP contribution is 2.49. The van der Waals surface area contributed by atoms with E-state index in [1.165, 1.54) is 61.0 Å². The molecule has 2 aromatic carbocycles. The van der Waals surface area contributed by atoms with E-state index in [2.05, 4.69) is 107 Å². The first kappa shape index (κ1) is 28.6. The van der Waals surface area contributed by atoms with Crippen LogP contribution in [-0.2, 0) is 22.5 Å². The molecule has 1 unspecified atom stereocenters. The van der Waals surface area contributed by atoms with Crippen LogP contribution in [0.5, 0.6) is 0 Å². The number of esters is 1. The molecular weight excluding hydrogens is 556 g/mol. The number of fused-ring (bicyclic) bond motifs is 8. The predicted octanol–water partition coefficient (Wildman–Crippen LogP) is 7.21. The van der Waals surface area contributed by atoms with E-state index < -0.39 is 0 Å². The molecule has 232 valence electrons. The predicted molar refractivity (Wildman–Crippen MR) is 182 cm³/mol. The van der Waals surface area contributed by atoms with E-state index in [0.717, 1.165) is 45.4 Å². The van der Waals surface area contributed by atoms with Gasteiger partial charge < -0.3 is 14.7 Å². The SMILES string of the molecule is C/C=C1/CN2CC[C@@H]1/C(=C\[C@@H]1C[C@@H]3/C(=C\C)CN(C)[C@H](Cc4c1[nH]c1ccccc41)[C@@H]3C(=O)OC)c1[nH]c3ccccc3c1C2. The first-order valence-electron chi connectivity index (χ1n) is 16.7. The molecule has 6 heteroatoms. The monoisotopic (exact) mass is 600 g/mol. The molecule has 6 heterocycles. The van der Waals surface area contributed by atoms with Gasteiger partial charge in [-0.25, -0.2) is 0 Å². The average Bonchev–Trinajstić information content (AvgIpc) is 3.59. The molecule has 5 aliphatic rings. The number of aromatic amines is 2. The van der Waals surface area contributed by atoms with Crippen LogP contribution >= 0.6 is 0 Å². The van der Waals surface area contributed by atoms with Crippen molar-refractivity contribution < 1.29 is 9.53 Å². The summed E-state index contributed by atoms with van der Waals surface area (Å²) >= 11 is 0. The number of methoxy groups -OCH3 is 1. The van der Waals surface area contributed by atoms with Crippen LogP contribution in [0.15, 0.2) is 77.9 Å². The Morgan fingerprint density at radius 2 is 1.62 bits per heavy atom. The van der Waals surface area contributed by atoms with Gasteiger partial charge in [0, 0.05) is 70.7 Å². The molecule has 0 radical (unpaired) electrons. The van der Waals surface area contributed by atoms with Crippen LogP contribution in [-0.4, -0.2) is 65.6 Å². The van der Waals surface area contributed by atoms with Gasteiger partial charge in [-0.2, -0.15) is 0 Å². The normalized spacial score (nSPS) is 31.1. The molecule has 45 heavy (non-hydrogen) atoms. The number of ether oxygens (including phenoxy) is 1. The van der Waals surface area contributed by atoms with Gasteiger partial charge in [0.2, 0.25) is 0 Å². The molecule has 0 saturated carbocycles. The van der Waals surface area contributed by atoms with Crippen LogP contribution in [0.25, 0.3) is 27.4 Å². The Labute approximate surface area is 265 Å². The highest BCUT2D eigenvalue weighted by molar-refractivity contribution is 5.91. The molecule has 2 aromatic heterocycles. The topological polar surface area (TPSA) is 64.4 Å². The van der Waals surface area contributed by atoms with Crippen molar-refractivity contribution in [2.75, 3.05) is 33.8 Å². The molecule has 1 aliphatic carbocycles. The van der Waals surface area contributed by atoms with E-state index in [9.17, 15) is 4.79 Å². The summed E-state index contributed by atoms with van der Waals surface area (Å²) in [7, 11) is 3.73. The van der Waals surface area contributed by atoms with Crippen molar-refractivity contribution >= 4 is 33.3 Å². The Morgan fingerprint density at radius 3 is 2.36 bits per heavy atom. The van der Waals surface area contributed by atoms with Gasteiger partial charge in [0.25, 0.3) is 0 Å². The van der Waals surface area contributed by atoms with Crippen molar-refractivity contribution in [2.45, 2.75) is 51.6 Å².